The molecule has 1 unspecified atom stereocenters. The van der Waals surface area contributed by atoms with Crippen LogP contribution in [-0.4, -0.2) is 0 Å². The average Bonchev–Trinajstić information content (AvgIpc) is 2.58. The Hall–Kier alpha value is -0.520. The highest BCUT2D eigenvalue weighted by molar-refractivity contribution is 5.38. The summed E-state index contributed by atoms with van der Waals surface area (Å²) < 4.78 is 0. The quantitative estimate of drug-likeness (QED) is 0.603. The highest BCUT2D eigenvalue weighted by atomic mass is 14.3. The predicted octanol–water partition coefficient (Wildman–Crippen LogP) is 4.23. The van der Waals surface area contributed by atoms with E-state index in [9.17, 15) is 0 Å². The summed E-state index contributed by atoms with van der Waals surface area (Å²) in [5, 5.41) is 0. The van der Waals surface area contributed by atoms with Crippen LogP contribution in [0, 0.1) is 5.92 Å². The lowest BCUT2D eigenvalue weighted by molar-refractivity contribution is 0.570. The van der Waals surface area contributed by atoms with E-state index in [4.69, 9.17) is 0 Å². The van der Waals surface area contributed by atoms with Gasteiger partial charge in [0.1, 0.15) is 0 Å². The Morgan fingerprint density at radius 1 is 1.31 bits per heavy atom. The predicted molar refractivity (Wildman–Crippen MR) is 57.6 cm³/mol. The lowest BCUT2D eigenvalue weighted by Crippen LogP contribution is -2.03. The van der Waals surface area contributed by atoms with E-state index in [1.54, 1.807) is 11.1 Å². The molecule has 0 amide bonds. The van der Waals surface area contributed by atoms with Crippen molar-refractivity contribution >= 4 is 0 Å². The molecule has 0 aromatic carbocycles. The molecule has 0 heteroatoms. The summed E-state index contributed by atoms with van der Waals surface area (Å²) in [6, 6.07) is 0. The summed E-state index contributed by atoms with van der Waals surface area (Å²) in [4.78, 5) is 0. The number of unbranched alkanes of at least 4 members (excludes halogenated alkanes) is 1. The normalized spacial score (nSPS) is 26.7. The molecule has 1 atom stereocenters. The fraction of sp³-hybridized carbons (Fsp3) is 0.692. The van der Waals surface area contributed by atoms with E-state index in [0.29, 0.717) is 0 Å². The van der Waals surface area contributed by atoms with Gasteiger partial charge in [0.15, 0.2) is 0 Å². The van der Waals surface area contributed by atoms with Gasteiger partial charge in [-0.1, -0.05) is 37.5 Å². The molecule has 72 valence electrons. The Morgan fingerprint density at radius 2 is 2.15 bits per heavy atom. The molecule has 13 heavy (non-hydrogen) atoms. The minimum absolute atomic E-state index is 0.829. The molecule has 0 saturated carbocycles. The second-order valence-corrected chi connectivity index (χ2v) is 4.37. The van der Waals surface area contributed by atoms with Crippen molar-refractivity contribution in [3.05, 3.63) is 23.3 Å². The largest absolute Gasteiger partial charge is 0.0771 e. The summed E-state index contributed by atoms with van der Waals surface area (Å²) in [7, 11) is 0. The maximum absolute atomic E-state index is 2.45. The van der Waals surface area contributed by atoms with Gasteiger partial charge in [0.05, 0.1) is 0 Å². The van der Waals surface area contributed by atoms with Gasteiger partial charge < -0.3 is 0 Å². The van der Waals surface area contributed by atoms with Crippen molar-refractivity contribution in [3.63, 3.8) is 0 Å². The van der Waals surface area contributed by atoms with Gasteiger partial charge >= 0.3 is 0 Å². The summed E-state index contributed by atoms with van der Waals surface area (Å²) in [6.07, 6.45) is 14.6. The van der Waals surface area contributed by atoms with Crippen LogP contribution in [0.5, 0.6) is 0 Å². The average molecular weight is 176 g/mol. The maximum Gasteiger partial charge on any atom is -0.00142 e. The highest BCUT2D eigenvalue weighted by Gasteiger charge is 2.21. The van der Waals surface area contributed by atoms with Crippen molar-refractivity contribution in [1.82, 2.24) is 0 Å². The van der Waals surface area contributed by atoms with Crippen molar-refractivity contribution in [2.45, 2.75) is 51.9 Å². The summed E-state index contributed by atoms with van der Waals surface area (Å²) in [6.45, 7) is 2.29. The molecule has 2 rings (SSSR count). The Labute approximate surface area is 81.7 Å². The third kappa shape index (κ3) is 1.87. The lowest BCUT2D eigenvalue weighted by Gasteiger charge is -2.19. The van der Waals surface area contributed by atoms with Crippen LogP contribution in [0.2, 0.25) is 0 Å². The Balaban J connectivity index is 1.99. The SMILES string of the molecule is CCCCC1C=CC2=C1CCCC2. The molecule has 0 N–H and O–H groups in total. The molecule has 0 spiro atoms. The summed E-state index contributed by atoms with van der Waals surface area (Å²) >= 11 is 0. The first-order chi connectivity index (χ1) is 6.42. The second kappa shape index (κ2) is 4.13. The van der Waals surface area contributed by atoms with E-state index < -0.39 is 0 Å². The smallest absolute Gasteiger partial charge is 0.00142 e. The zero-order valence-corrected chi connectivity index (χ0v) is 8.68. The van der Waals surface area contributed by atoms with E-state index in [1.807, 2.05) is 0 Å². The van der Waals surface area contributed by atoms with Crippen LogP contribution in [0.15, 0.2) is 23.3 Å². The molecule has 2 aliphatic carbocycles. The van der Waals surface area contributed by atoms with Crippen LogP contribution < -0.4 is 0 Å². The lowest BCUT2D eigenvalue weighted by atomic mass is 9.86. The van der Waals surface area contributed by atoms with Crippen LogP contribution in [-0.2, 0) is 0 Å². The first kappa shape index (κ1) is 9.05. The standard InChI is InChI=1S/C13H20/c1-2-3-6-11-9-10-12-7-4-5-8-13(11)12/h9-11H,2-8H2,1H3. The highest BCUT2D eigenvalue weighted by Crippen LogP contribution is 2.38. The maximum atomic E-state index is 2.45. The zero-order valence-electron chi connectivity index (χ0n) is 8.68. The van der Waals surface area contributed by atoms with Gasteiger partial charge in [0, 0.05) is 0 Å². The minimum Gasteiger partial charge on any atom is -0.0771 e. The van der Waals surface area contributed by atoms with Crippen LogP contribution >= 0.6 is 0 Å². The van der Waals surface area contributed by atoms with Crippen molar-refractivity contribution in [3.8, 4) is 0 Å². The van der Waals surface area contributed by atoms with Crippen molar-refractivity contribution in [1.29, 1.82) is 0 Å². The Kier molecular flexibility index (Phi) is 2.87. The molecule has 0 aliphatic heterocycles. The fourth-order valence-corrected chi connectivity index (χ4v) is 2.61. The Bertz CT molecular complexity index is 232. The number of rotatable bonds is 3. The monoisotopic (exact) mass is 176 g/mol. The Morgan fingerprint density at radius 3 is 3.00 bits per heavy atom. The molecule has 0 radical (unpaired) electrons. The van der Waals surface area contributed by atoms with E-state index in [1.165, 1.54) is 44.9 Å². The van der Waals surface area contributed by atoms with Gasteiger partial charge in [0.25, 0.3) is 0 Å². The topological polar surface area (TPSA) is 0 Å². The third-order valence-corrected chi connectivity index (χ3v) is 3.40. The summed E-state index contributed by atoms with van der Waals surface area (Å²) in [5.74, 6) is 0.829. The first-order valence-electron chi connectivity index (χ1n) is 5.82. The minimum atomic E-state index is 0.829. The van der Waals surface area contributed by atoms with Crippen LogP contribution in [0.4, 0.5) is 0 Å². The van der Waals surface area contributed by atoms with Crippen molar-refractivity contribution in [2.75, 3.05) is 0 Å². The van der Waals surface area contributed by atoms with Gasteiger partial charge in [-0.2, -0.15) is 0 Å². The number of hydrogen-bond donors (Lipinski definition) is 0. The van der Waals surface area contributed by atoms with Gasteiger partial charge in [0.2, 0.25) is 0 Å². The van der Waals surface area contributed by atoms with Crippen molar-refractivity contribution < 1.29 is 0 Å². The van der Waals surface area contributed by atoms with Gasteiger partial charge in [-0.15, -0.1) is 0 Å². The van der Waals surface area contributed by atoms with Crippen molar-refractivity contribution in [2.24, 2.45) is 5.92 Å². The molecule has 0 aromatic rings. The molecule has 0 fully saturated rings. The van der Waals surface area contributed by atoms with E-state index in [0.717, 1.165) is 5.92 Å². The van der Waals surface area contributed by atoms with Gasteiger partial charge in [-0.3, -0.25) is 0 Å². The molecule has 0 saturated heterocycles. The molecular formula is C13H20. The van der Waals surface area contributed by atoms with Gasteiger partial charge in [-0.05, 0) is 43.6 Å². The fourth-order valence-electron chi connectivity index (χ4n) is 2.61. The molecule has 0 nitrogen and oxygen atoms in total. The molecular weight excluding hydrogens is 156 g/mol. The summed E-state index contributed by atoms with van der Waals surface area (Å²) in [5.41, 5.74) is 3.48. The van der Waals surface area contributed by atoms with E-state index in [-0.39, 0.29) is 0 Å². The van der Waals surface area contributed by atoms with Crippen LogP contribution in [0.3, 0.4) is 0 Å². The molecule has 0 heterocycles. The third-order valence-electron chi connectivity index (χ3n) is 3.40. The second-order valence-electron chi connectivity index (χ2n) is 4.37. The number of hydrogen-bond acceptors (Lipinski definition) is 0. The van der Waals surface area contributed by atoms with E-state index in [2.05, 4.69) is 19.1 Å². The molecule has 2 aliphatic rings. The zero-order chi connectivity index (χ0) is 9.10. The molecule has 0 aromatic heterocycles. The first-order valence-corrected chi connectivity index (χ1v) is 5.82. The molecule has 0 bridgehead atoms. The van der Waals surface area contributed by atoms with Crippen LogP contribution in [0.1, 0.15) is 51.9 Å². The van der Waals surface area contributed by atoms with E-state index >= 15 is 0 Å². The van der Waals surface area contributed by atoms with Crippen LogP contribution in [0.25, 0.3) is 0 Å². The van der Waals surface area contributed by atoms with Gasteiger partial charge in [-0.25, -0.2) is 0 Å². The number of allylic oxidation sites excluding steroid dienone is 4.